The molecule has 2 nitrogen and oxygen atoms in total. The van der Waals surface area contributed by atoms with Crippen molar-refractivity contribution in [1.29, 1.82) is 0 Å². The first-order valence-corrected chi connectivity index (χ1v) is 3.67. The van der Waals surface area contributed by atoms with Gasteiger partial charge in [0.25, 0.3) is 6.43 Å². The lowest BCUT2D eigenvalue weighted by Crippen LogP contribution is -1.97. The van der Waals surface area contributed by atoms with Crippen LogP contribution < -0.4 is 5.73 Å². The molecule has 12 heavy (non-hydrogen) atoms. The van der Waals surface area contributed by atoms with E-state index in [9.17, 15) is 8.78 Å². The fraction of sp³-hybridized carbons (Fsp3) is 0.167. The standard InChI is InChI=1S/C6H4Cl2F2N2/c7-3-4(11)2(6(9)10)1-12-5(3)8/h1,6H,(H2,11,12). The minimum Gasteiger partial charge on any atom is -0.397 e. The first kappa shape index (κ1) is 9.48. The van der Waals surface area contributed by atoms with E-state index in [0.717, 1.165) is 6.20 Å². The van der Waals surface area contributed by atoms with E-state index in [-0.39, 0.29) is 15.9 Å². The maximum atomic E-state index is 12.1. The molecule has 0 atom stereocenters. The summed E-state index contributed by atoms with van der Waals surface area (Å²) in [4.78, 5) is 3.43. The van der Waals surface area contributed by atoms with Crippen molar-refractivity contribution in [1.82, 2.24) is 4.98 Å². The van der Waals surface area contributed by atoms with Gasteiger partial charge in [-0.15, -0.1) is 0 Å². The van der Waals surface area contributed by atoms with Crippen LogP contribution in [0.2, 0.25) is 10.2 Å². The lowest BCUT2D eigenvalue weighted by Gasteiger charge is -2.05. The molecule has 1 aromatic rings. The van der Waals surface area contributed by atoms with Gasteiger partial charge in [-0.2, -0.15) is 0 Å². The molecule has 0 amide bonds. The average Bonchev–Trinajstić information content (AvgIpc) is 2.00. The van der Waals surface area contributed by atoms with Crippen molar-refractivity contribution < 1.29 is 8.78 Å². The summed E-state index contributed by atoms with van der Waals surface area (Å²) in [7, 11) is 0. The predicted molar refractivity (Wildman–Crippen MR) is 43.6 cm³/mol. The maximum Gasteiger partial charge on any atom is 0.267 e. The van der Waals surface area contributed by atoms with Crippen LogP contribution in [0.4, 0.5) is 14.5 Å². The SMILES string of the molecule is Nc1c(C(F)F)cnc(Cl)c1Cl. The van der Waals surface area contributed by atoms with Crippen LogP contribution >= 0.6 is 23.2 Å². The van der Waals surface area contributed by atoms with Crippen LogP contribution in [0.25, 0.3) is 0 Å². The molecule has 66 valence electrons. The molecule has 0 fully saturated rings. The van der Waals surface area contributed by atoms with Crippen molar-refractivity contribution in [3.05, 3.63) is 21.9 Å². The van der Waals surface area contributed by atoms with Crippen molar-refractivity contribution in [2.45, 2.75) is 6.43 Å². The second kappa shape index (κ2) is 3.41. The lowest BCUT2D eigenvalue weighted by molar-refractivity contribution is 0.152. The monoisotopic (exact) mass is 212 g/mol. The molecule has 0 radical (unpaired) electrons. The van der Waals surface area contributed by atoms with Gasteiger partial charge in [-0.05, 0) is 0 Å². The Morgan fingerprint density at radius 2 is 2.00 bits per heavy atom. The number of anilines is 1. The van der Waals surface area contributed by atoms with Gasteiger partial charge in [0.15, 0.2) is 0 Å². The second-order valence-electron chi connectivity index (χ2n) is 2.03. The van der Waals surface area contributed by atoms with Crippen molar-refractivity contribution in [2.24, 2.45) is 0 Å². The highest BCUT2D eigenvalue weighted by atomic mass is 35.5. The van der Waals surface area contributed by atoms with Crippen molar-refractivity contribution >= 4 is 28.9 Å². The second-order valence-corrected chi connectivity index (χ2v) is 2.77. The van der Waals surface area contributed by atoms with Gasteiger partial charge < -0.3 is 5.73 Å². The Bertz CT molecular complexity index is 304. The molecule has 0 aliphatic carbocycles. The number of nitrogen functional groups attached to an aromatic ring is 1. The largest absolute Gasteiger partial charge is 0.397 e. The summed E-state index contributed by atoms with van der Waals surface area (Å²) in [6.07, 6.45) is -1.78. The third-order valence-electron chi connectivity index (χ3n) is 1.28. The number of nitrogens with zero attached hydrogens (tertiary/aromatic N) is 1. The third-order valence-corrected chi connectivity index (χ3v) is 2.05. The van der Waals surface area contributed by atoms with E-state index in [1.165, 1.54) is 0 Å². The lowest BCUT2D eigenvalue weighted by atomic mass is 10.2. The number of halogens is 4. The number of aromatic nitrogens is 1. The molecule has 2 N–H and O–H groups in total. The zero-order valence-electron chi connectivity index (χ0n) is 5.69. The molecule has 6 heteroatoms. The molecule has 0 saturated carbocycles. The molecule has 1 rings (SSSR count). The highest BCUT2D eigenvalue weighted by Gasteiger charge is 2.15. The van der Waals surface area contributed by atoms with E-state index in [0.29, 0.717) is 0 Å². The first-order valence-electron chi connectivity index (χ1n) is 2.91. The van der Waals surface area contributed by atoms with Crippen LogP contribution in [-0.4, -0.2) is 4.98 Å². The minimum atomic E-state index is -2.69. The molecule has 0 unspecified atom stereocenters. The number of pyridine rings is 1. The van der Waals surface area contributed by atoms with E-state index in [4.69, 9.17) is 28.9 Å². The number of hydrogen-bond donors (Lipinski definition) is 1. The van der Waals surface area contributed by atoms with Gasteiger partial charge in [-0.3, -0.25) is 0 Å². The number of hydrogen-bond acceptors (Lipinski definition) is 2. The Balaban J connectivity index is 3.27. The molecule has 0 aliphatic rings. The van der Waals surface area contributed by atoms with Crippen LogP contribution in [0.3, 0.4) is 0 Å². The topological polar surface area (TPSA) is 38.9 Å². The summed E-state index contributed by atoms with van der Waals surface area (Å²) < 4.78 is 24.2. The smallest absolute Gasteiger partial charge is 0.267 e. The van der Waals surface area contributed by atoms with E-state index in [2.05, 4.69) is 4.98 Å². The molecule has 1 aromatic heterocycles. The molecule has 0 aromatic carbocycles. The highest BCUT2D eigenvalue weighted by Crippen LogP contribution is 2.33. The first-order chi connectivity index (χ1) is 5.54. The summed E-state index contributed by atoms with van der Waals surface area (Å²) in [5.74, 6) is 0. The molecular weight excluding hydrogens is 209 g/mol. The third kappa shape index (κ3) is 1.59. The summed E-state index contributed by atoms with van der Waals surface area (Å²) in [6, 6.07) is 0. The van der Waals surface area contributed by atoms with Crippen molar-refractivity contribution in [2.75, 3.05) is 5.73 Å². The summed E-state index contributed by atoms with van der Waals surface area (Å²) in [5.41, 5.74) is 4.63. The fourth-order valence-electron chi connectivity index (χ4n) is 0.664. The van der Waals surface area contributed by atoms with Crippen LogP contribution in [0.1, 0.15) is 12.0 Å². The Morgan fingerprint density at radius 1 is 1.42 bits per heavy atom. The van der Waals surface area contributed by atoms with E-state index in [1.807, 2.05) is 0 Å². The normalized spacial score (nSPS) is 10.8. The predicted octanol–water partition coefficient (Wildman–Crippen LogP) is 2.91. The molecule has 0 aliphatic heterocycles. The van der Waals surface area contributed by atoms with Crippen LogP contribution in [0, 0.1) is 0 Å². The van der Waals surface area contributed by atoms with Crippen molar-refractivity contribution in [3.8, 4) is 0 Å². The van der Waals surface area contributed by atoms with E-state index in [1.54, 1.807) is 0 Å². The Labute approximate surface area is 77.3 Å². The summed E-state index contributed by atoms with van der Waals surface area (Å²) >= 11 is 10.9. The molecular formula is C6H4Cl2F2N2. The number of rotatable bonds is 1. The Kier molecular flexibility index (Phi) is 2.69. The fourth-order valence-corrected chi connectivity index (χ4v) is 0.973. The van der Waals surface area contributed by atoms with Gasteiger partial charge in [0.1, 0.15) is 10.2 Å². The van der Waals surface area contributed by atoms with Gasteiger partial charge in [-0.1, -0.05) is 23.2 Å². The van der Waals surface area contributed by atoms with Gasteiger partial charge in [0.05, 0.1) is 11.3 Å². The van der Waals surface area contributed by atoms with Gasteiger partial charge in [0.2, 0.25) is 0 Å². The van der Waals surface area contributed by atoms with E-state index < -0.39 is 12.0 Å². The summed E-state index contributed by atoms with van der Waals surface area (Å²) in [6.45, 7) is 0. The van der Waals surface area contributed by atoms with Gasteiger partial charge in [-0.25, -0.2) is 13.8 Å². The quantitative estimate of drug-likeness (QED) is 0.728. The molecule has 1 heterocycles. The minimum absolute atomic E-state index is 0.0708. The zero-order valence-corrected chi connectivity index (χ0v) is 7.20. The number of alkyl halides is 2. The van der Waals surface area contributed by atoms with Gasteiger partial charge in [0, 0.05) is 6.20 Å². The number of nitrogens with two attached hydrogens (primary N) is 1. The van der Waals surface area contributed by atoms with Crippen LogP contribution in [0.5, 0.6) is 0 Å². The highest BCUT2D eigenvalue weighted by molar-refractivity contribution is 6.42. The average molecular weight is 213 g/mol. The summed E-state index contributed by atoms with van der Waals surface area (Å²) in [5, 5.41) is -0.201. The molecule has 0 spiro atoms. The Morgan fingerprint density at radius 3 is 2.50 bits per heavy atom. The van der Waals surface area contributed by atoms with Crippen LogP contribution in [0.15, 0.2) is 6.20 Å². The zero-order chi connectivity index (χ0) is 9.30. The van der Waals surface area contributed by atoms with Crippen LogP contribution in [-0.2, 0) is 0 Å². The van der Waals surface area contributed by atoms with E-state index >= 15 is 0 Å². The molecule has 0 bridgehead atoms. The van der Waals surface area contributed by atoms with Gasteiger partial charge >= 0.3 is 0 Å². The molecule has 0 saturated heterocycles. The Hall–Kier alpha value is -0.610. The van der Waals surface area contributed by atoms with Crippen molar-refractivity contribution in [3.63, 3.8) is 0 Å². The maximum absolute atomic E-state index is 12.1.